The van der Waals surface area contributed by atoms with Crippen LogP contribution in [0, 0.1) is 6.92 Å². The first kappa shape index (κ1) is 16.0. The Hall–Kier alpha value is -2.46. The molecule has 2 fully saturated rings. The van der Waals surface area contributed by atoms with Gasteiger partial charge in [0, 0.05) is 12.6 Å². The summed E-state index contributed by atoms with van der Waals surface area (Å²) in [5, 5.41) is 0. The minimum atomic E-state index is -0.346. The van der Waals surface area contributed by atoms with E-state index in [1.165, 1.54) is 10.5 Å². The molecule has 1 heterocycles. The Morgan fingerprint density at radius 1 is 1.00 bits per heavy atom. The van der Waals surface area contributed by atoms with Crippen molar-refractivity contribution in [1.82, 2.24) is 4.90 Å². The molecule has 4 nitrogen and oxygen atoms in total. The maximum Gasteiger partial charge on any atom is 0.251 e. The zero-order valence-corrected chi connectivity index (χ0v) is 14.4. The van der Waals surface area contributed by atoms with E-state index in [0.29, 0.717) is 11.7 Å². The van der Waals surface area contributed by atoms with Gasteiger partial charge < -0.3 is 0 Å². The molecule has 1 atom stereocenters. The summed E-state index contributed by atoms with van der Waals surface area (Å²) < 4.78 is 0. The maximum absolute atomic E-state index is 13.0. The average Bonchev–Trinajstić information content (AvgIpc) is 3.41. The van der Waals surface area contributed by atoms with E-state index in [1.807, 2.05) is 49.4 Å². The second-order valence-electron chi connectivity index (χ2n) is 7.01. The second kappa shape index (κ2) is 6.45. The minimum absolute atomic E-state index is 0.0864. The smallest absolute Gasteiger partial charge is 0.251 e. The van der Waals surface area contributed by atoms with E-state index in [1.54, 1.807) is 0 Å². The molecule has 25 heavy (non-hydrogen) atoms. The Morgan fingerprint density at radius 2 is 1.68 bits per heavy atom. The molecule has 1 saturated heterocycles. The van der Waals surface area contributed by atoms with Crippen LogP contribution in [-0.2, 0) is 16.1 Å². The predicted octanol–water partition coefficient (Wildman–Crippen LogP) is 3.29. The predicted molar refractivity (Wildman–Crippen MR) is 97.1 cm³/mol. The minimum Gasteiger partial charge on any atom is -0.284 e. The standard InChI is InChI=1S/C21H22N2O2/c1-15-7-9-18(10-8-15)23-20(24)13-19(21(23)25)22(17-11-12-17)14-16-5-3-2-4-6-16/h2-10,17,19H,11-14H2,1H3/t19-/m0/s1. The van der Waals surface area contributed by atoms with Crippen LogP contribution in [0.5, 0.6) is 0 Å². The molecule has 2 aromatic rings. The topological polar surface area (TPSA) is 40.6 Å². The third kappa shape index (κ3) is 3.22. The first-order valence-electron chi connectivity index (χ1n) is 8.86. The molecule has 0 N–H and O–H groups in total. The van der Waals surface area contributed by atoms with Gasteiger partial charge >= 0.3 is 0 Å². The number of rotatable bonds is 5. The van der Waals surface area contributed by atoms with Crippen LogP contribution in [-0.4, -0.2) is 28.8 Å². The highest BCUT2D eigenvalue weighted by atomic mass is 16.2. The molecule has 2 amide bonds. The van der Waals surface area contributed by atoms with Crippen molar-refractivity contribution in [1.29, 1.82) is 0 Å². The zero-order valence-electron chi connectivity index (χ0n) is 14.4. The van der Waals surface area contributed by atoms with Gasteiger partial charge in [0.1, 0.15) is 0 Å². The van der Waals surface area contributed by atoms with Crippen LogP contribution in [0.2, 0.25) is 0 Å². The van der Waals surface area contributed by atoms with Crippen molar-refractivity contribution in [3.05, 3.63) is 65.7 Å². The highest BCUT2D eigenvalue weighted by molar-refractivity contribution is 6.22. The van der Waals surface area contributed by atoms with Crippen LogP contribution in [0.1, 0.15) is 30.4 Å². The van der Waals surface area contributed by atoms with Crippen LogP contribution < -0.4 is 4.90 Å². The summed E-state index contributed by atoms with van der Waals surface area (Å²) in [5.41, 5.74) is 2.98. The lowest BCUT2D eigenvalue weighted by Gasteiger charge is -2.27. The van der Waals surface area contributed by atoms with Gasteiger partial charge in [0.25, 0.3) is 5.91 Å². The SMILES string of the molecule is Cc1ccc(N2C(=O)C[C@H](N(Cc3ccccc3)C3CC3)C2=O)cc1. The number of hydrogen-bond donors (Lipinski definition) is 0. The highest BCUT2D eigenvalue weighted by Crippen LogP contribution is 2.35. The Kier molecular flexibility index (Phi) is 4.14. The lowest BCUT2D eigenvalue weighted by molar-refractivity contribution is -0.123. The van der Waals surface area contributed by atoms with Crippen LogP contribution in [0.25, 0.3) is 0 Å². The van der Waals surface area contributed by atoms with Gasteiger partial charge in [-0.25, -0.2) is 4.90 Å². The monoisotopic (exact) mass is 334 g/mol. The third-order valence-electron chi connectivity index (χ3n) is 5.04. The Balaban J connectivity index is 1.58. The van der Waals surface area contributed by atoms with Crippen LogP contribution in [0.15, 0.2) is 54.6 Å². The van der Waals surface area contributed by atoms with Gasteiger partial charge in [0.2, 0.25) is 5.91 Å². The van der Waals surface area contributed by atoms with Crippen molar-refractivity contribution in [2.45, 2.75) is 44.8 Å². The summed E-state index contributed by atoms with van der Waals surface area (Å²) in [6, 6.07) is 17.8. The lowest BCUT2D eigenvalue weighted by Crippen LogP contribution is -2.43. The van der Waals surface area contributed by atoms with Crippen LogP contribution in [0.4, 0.5) is 5.69 Å². The summed E-state index contributed by atoms with van der Waals surface area (Å²) in [6.45, 7) is 2.71. The Bertz CT molecular complexity index is 781. The van der Waals surface area contributed by atoms with Crippen molar-refractivity contribution in [3.63, 3.8) is 0 Å². The van der Waals surface area contributed by atoms with Gasteiger partial charge in [-0.3, -0.25) is 14.5 Å². The van der Waals surface area contributed by atoms with E-state index in [4.69, 9.17) is 0 Å². The van der Waals surface area contributed by atoms with Gasteiger partial charge in [-0.2, -0.15) is 0 Å². The van der Waals surface area contributed by atoms with Crippen molar-refractivity contribution in [2.75, 3.05) is 4.90 Å². The van der Waals surface area contributed by atoms with Gasteiger partial charge in [-0.15, -0.1) is 0 Å². The number of benzene rings is 2. The van der Waals surface area contributed by atoms with Crippen molar-refractivity contribution in [3.8, 4) is 0 Å². The maximum atomic E-state index is 13.0. The number of anilines is 1. The molecule has 4 heteroatoms. The van der Waals surface area contributed by atoms with Crippen LogP contribution in [0.3, 0.4) is 0 Å². The molecular weight excluding hydrogens is 312 g/mol. The summed E-state index contributed by atoms with van der Waals surface area (Å²) in [7, 11) is 0. The molecule has 2 aromatic carbocycles. The summed E-state index contributed by atoms with van der Waals surface area (Å²) in [4.78, 5) is 29.2. The second-order valence-corrected chi connectivity index (χ2v) is 7.01. The van der Waals surface area contributed by atoms with E-state index < -0.39 is 0 Å². The third-order valence-corrected chi connectivity index (χ3v) is 5.04. The normalized spacial score (nSPS) is 20.6. The molecule has 1 aliphatic heterocycles. The van der Waals surface area contributed by atoms with Gasteiger partial charge in [-0.05, 0) is 37.5 Å². The molecule has 0 unspecified atom stereocenters. The molecule has 0 spiro atoms. The van der Waals surface area contributed by atoms with Gasteiger partial charge in [0.05, 0.1) is 18.2 Å². The van der Waals surface area contributed by atoms with E-state index in [9.17, 15) is 9.59 Å². The highest BCUT2D eigenvalue weighted by Gasteiger charge is 2.46. The number of amides is 2. The van der Waals surface area contributed by atoms with E-state index in [0.717, 1.165) is 24.9 Å². The molecule has 1 aliphatic carbocycles. The van der Waals surface area contributed by atoms with E-state index >= 15 is 0 Å². The zero-order chi connectivity index (χ0) is 17.4. The first-order chi connectivity index (χ1) is 12.1. The van der Waals surface area contributed by atoms with Crippen molar-refractivity contribution in [2.24, 2.45) is 0 Å². The molecule has 128 valence electrons. The largest absolute Gasteiger partial charge is 0.284 e. The quantitative estimate of drug-likeness (QED) is 0.788. The fraction of sp³-hybridized carbons (Fsp3) is 0.333. The lowest BCUT2D eigenvalue weighted by atomic mass is 10.1. The molecule has 4 rings (SSSR count). The first-order valence-corrected chi connectivity index (χ1v) is 8.86. The summed E-state index contributed by atoms with van der Waals surface area (Å²) >= 11 is 0. The Labute approximate surface area is 148 Å². The van der Waals surface area contributed by atoms with Gasteiger partial charge in [0.15, 0.2) is 0 Å². The molecule has 2 aliphatic rings. The van der Waals surface area contributed by atoms with Crippen molar-refractivity contribution >= 4 is 17.5 Å². The number of carbonyl (C=O) groups is 2. The van der Waals surface area contributed by atoms with E-state index in [2.05, 4.69) is 17.0 Å². The number of nitrogens with zero attached hydrogens (tertiary/aromatic N) is 2. The molecule has 0 bridgehead atoms. The van der Waals surface area contributed by atoms with Crippen LogP contribution >= 0.6 is 0 Å². The van der Waals surface area contributed by atoms with E-state index in [-0.39, 0.29) is 24.3 Å². The molecule has 1 saturated carbocycles. The molecule has 0 aromatic heterocycles. The average molecular weight is 334 g/mol. The number of imide groups is 1. The summed E-state index contributed by atoms with van der Waals surface area (Å²) in [5.74, 6) is -0.186. The fourth-order valence-corrected chi connectivity index (χ4v) is 3.53. The molecule has 0 radical (unpaired) electrons. The van der Waals surface area contributed by atoms with Crippen molar-refractivity contribution < 1.29 is 9.59 Å². The number of carbonyl (C=O) groups excluding carboxylic acids is 2. The number of aryl methyl sites for hydroxylation is 1. The van der Waals surface area contributed by atoms with Gasteiger partial charge in [-0.1, -0.05) is 48.0 Å². The Morgan fingerprint density at radius 3 is 2.32 bits per heavy atom. The summed E-state index contributed by atoms with van der Waals surface area (Å²) in [6.07, 6.45) is 2.49. The fourth-order valence-electron chi connectivity index (χ4n) is 3.53. The molecular formula is C21H22N2O2. The number of hydrogen-bond acceptors (Lipinski definition) is 3.